The molecule has 1 saturated carbocycles. The first-order chi connectivity index (χ1) is 12.4. The number of aliphatic imine (C=N–C) groups is 1. The summed E-state index contributed by atoms with van der Waals surface area (Å²) in [6.07, 6.45) is 5.69. The summed E-state index contributed by atoms with van der Waals surface area (Å²) in [5.74, 6) is 0.244. The quantitative estimate of drug-likeness (QED) is 0.743. The van der Waals surface area contributed by atoms with Gasteiger partial charge in [0.15, 0.2) is 5.71 Å². The van der Waals surface area contributed by atoms with Gasteiger partial charge >= 0.3 is 5.97 Å². The van der Waals surface area contributed by atoms with Crippen LogP contribution in [0.2, 0.25) is 0 Å². The molecule has 0 aromatic heterocycles. The molecule has 1 aromatic carbocycles. The minimum Gasteiger partial charge on any atom is -0.461 e. The van der Waals surface area contributed by atoms with E-state index in [-0.39, 0.29) is 11.5 Å². The van der Waals surface area contributed by atoms with Crippen LogP contribution < -0.4 is 0 Å². The summed E-state index contributed by atoms with van der Waals surface area (Å²) in [5.41, 5.74) is 2.81. The fourth-order valence-corrected chi connectivity index (χ4v) is 2.94. The molecule has 4 nitrogen and oxygen atoms in total. The topological polar surface area (TPSA) is 41.9 Å². The van der Waals surface area contributed by atoms with Crippen molar-refractivity contribution in [1.82, 2.24) is 4.90 Å². The van der Waals surface area contributed by atoms with E-state index in [0.717, 1.165) is 18.5 Å². The van der Waals surface area contributed by atoms with Gasteiger partial charge in [-0.2, -0.15) is 0 Å². The first-order valence-corrected chi connectivity index (χ1v) is 8.79. The van der Waals surface area contributed by atoms with Gasteiger partial charge in [-0.3, -0.25) is 0 Å². The Bertz CT molecular complexity index is 848. The number of ether oxygens (including phenoxy) is 1. The maximum absolute atomic E-state index is 14.4. The van der Waals surface area contributed by atoms with Crippen molar-refractivity contribution in [3.8, 4) is 0 Å². The summed E-state index contributed by atoms with van der Waals surface area (Å²) in [5, 5.41) is 0. The molecule has 0 radical (unpaired) electrons. The first kappa shape index (κ1) is 18.1. The number of nitrogens with zero attached hydrogens (tertiary/aromatic N) is 2. The van der Waals surface area contributed by atoms with Crippen LogP contribution >= 0.6 is 0 Å². The maximum Gasteiger partial charge on any atom is 0.357 e. The summed E-state index contributed by atoms with van der Waals surface area (Å²) in [7, 11) is 1.90. The Kier molecular flexibility index (Phi) is 5.07. The number of allylic oxidation sites excluding steroid dienone is 3. The van der Waals surface area contributed by atoms with Crippen molar-refractivity contribution >= 4 is 17.3 Å². The van der Waals surface area contributed by atoms with E-state index in [9.17, 15) is 9.18 Å². The number of aryl methyl sites for hydroxylation is 1. The highest BCUT2D eigenvalue weighted by Crippen LogP contribution is 2.40. The van der Waals surface area contributed by atoms with Crippen molar-refractivity contribution in [2.24, 2.45) is 10.9 Å². The smallest absolute Gasteiger partial charge is 0.357 e. The molecule has 1 aromatic rings. The molecule has 0 saturated heterocycles. The van der Waals surface area contributed by atoms with Crippen LogP contribution in [-0.4, -0.2) is 30.2 Å². The predicted octanol–water partition coefficient (Wildman–Crippen LogP) is 4.23. The van der Waals surface area contributed by atoms with Crippen molar-refractivity contribution in [1.29, 1.82) is 0 Å². The molecule has 1 aliphatic carbocycles. The van der Waals surface area contributed by atoms with Gasteiger partial charge in [-0.25, -0.2) is 14.2 Å². The summed E-state index contributed by atoms with van der Waals surface area (Å²) in [6, 6.07) is 5.21. The molecule has 0 atom stereocenters. The van der Waals surface area contributed by atoms with Gasteiger partial charge in [-0.15, -0.1) is 0 Å². The van der Waals surface area contributed by atoms with Gasteiger partial charge in [0.25, 0.3) is 0 Å². The van der Waals surface area contributed by atoms with E-state index in [0.29, 0.717) is 35.0 Å². The molecule has 1 fully saturated rings. The van der Waals surface area contributed by atoms with Crippen LogP contribution in [0.25, 0.3) is 5.57 Å². The van der Waals surface area contributed by atoms with Gasteiger partial charge in [0.05, 0.1) is 6.61 Å². The highest BCUT2D eigenvalue weighted by molar-refractivity contribution is 6.41. The number of hydrogen-bond acceptors (Lipinski definition) is 4. The maximum atomic E-state index is 14.4. The number of carbonyl (C=O) groups excluding carboxylic acids is 1. The van der Waals surface area contributed by atoms with E-state index in [1.165, 1.54) is 0 Å². The third kappa shape index (κ3) is 3.62. The SMILES string of the molecule is C=C(/C=C1/N=C(C(=O)OCC)C=C(C2CC2)N1C)c1cccc(C)c1F. The van der Waals surface area contributed by atoms with Crippen molar-refractivity contribution in [2.75, 3.05) is 13.7 Å². The van der Waals surface area contributed by atoms with Crippen molar-refractivity contribution in [3.05, 3.63) is 65.4 Å². The molecular weight excluding hydrogens is 331 g/mol. The zero-order chi connectivity index (χ0) is 18.8. The van der Waals surface area contributed by atoms with Crippen LogP contribution in [-0.2, 0) is 9.53 Å². The van der Waals surface area contributed by atoms with Gasteiger partial charge in [0, 0.05) is 18.3 Å². The zero-order valence-corrected chi connectivity index (χ0v) is 15.4. The predicted molar refractivity (Wildman–Crippen MR) is 101 cm³/mol. The van der Waals surface area contributed by atoms with Gasteiger partial charge in [0.2, 0.25) is 0 Å². The molecule has 3 rings (SSSR count). The molecule has 5 heteroatoms. The second kappa shape index (κ2) is 7.28. The molecule has 0 N–H and O–H groups in total. The molecule has 26 heavy (non-hydrogen) atoms. The van der Waals surface area contributed by atoms with Crippen LogP contribution in [0.5, 0.6) is 0 Å². The highest BCUT2D eigenvalue weighted by Gasteiger charge is 2.33. The second-order valence-electron chi connectivity index (χ2n) is 6.58. The van der Waals surface area contributed by atoms with Crippen molar-refractivity contribution in [3.63, 3.8) is 0 Å². The third-order valence-electron chi connectivity index (χ3n) is 4.57. The van der Waals surface area contributed by atoms with E-state index in [4.69, 9.17) is 4.74 Å². The van der Waals surface area contributed by atoms with Crippen LogP contribution in [0.3, 0.4) is 0 Å². The van der Waals surface area contributed by atoms with Gasteiger partial charge in [0.1, 0.15) is 11.6 Å². The Hall–Kier alpha value is -2.69. The standard InChI is InChI=1S/C21H23FN2O2/c1-5-26-21(25)17-12-18(15-9-10-15)24(4)19(23-17)11-14(3)16-8-6-7-13(2)20(16)22/h6-8,11-12,15H,3,5,9-10H2,1-2,4H3/b19-11-. The molecular formula is C21H23FN2O2. The van der Waals surface area contributed by atoms with Crippen LogP contribution in [0.4, 0.5) is 4.39 Å². The highest BCUT2D eigenvalue weighted by atomic mass is 19.1. The van der Waals surface area contributed by atoms with E-state index in [1.54, 1.807) is 44.2 Å². The van der Waals surface area contributed by atoms with E-state index in [2.05, 4.69) is 11.6 Å². The molecule has 1 aliphatic heterocycles. The number of benzene rings is 1. The fraction of sp³-hybridized carbons (Fsp3) is 0.333. The summed E-state index contributed by atoms with van der Waals surface area (Å²) in [6.45, 7) is 7.77. The molecule has 1 heterocycles. The summed E-state index contributed by atoms with van der Waals surface area (Å²) in [4.78, 5) is 18.5. The third-order valence-corrected chi connectivity index (χ3v) is 4.57. The van der Waals surface area contributed by atoms with Crippen LogP contribution in [0.15, 0.2) is 53.4 Å². The first-order valence-electron chi connectivity index (χ1n) is 8.79. The van der Waals surface area contributed by atoms with Crippen LogP contribution in [0, 0.1) is 18.7 Å². The van der Waals surface area contributed by atoms with E-state index in [1.807, 2.05) is 11.9 Å². The summed E-state index contributed by atoms with van der Waals surface area (Å²) < 4.78 is 19.5. The Morgan fingerprint density at radius 3 is 2.85 bits per heavy atom. The minimum absolute atomic E-state index is 0.274. The lowest BCUT2D eigenvalue weighted by atomic mass is 10.0. The number of hydrogen-bond donors (Lipinski definition) is 0. The average molecular weight is 354 g/mol. The Balaban J connectivity index is 1.97. The van der Waals surface area contributed by atoms with Gasteiger partial charge in [-0.1, -0.05) is 24.8 Å². The van der Waals surface area contributed by atoms with Crippen molar-refractivity contribution < 1.29 is 13.9 Å². The van der Waals surface area contributed by atoms with E-state index >= 15 is 0 Å². The van der Waals surface area contributed by atoms with Gasteiger partial charge < -0.3 is 9.64 Å². The lowest BCUT2D eigenvalue weighted by molar-refractivity contribution is -0.134. The number of carbonyl (C=O) groups is 1. The Labute approximate surface area is 153 Å². The van der Waals surface area contributed by atoms with E-state index < -0.39 is 5.97 Å². The Morgan fingerprint density at radius 2 is 2.19 bits per heavy atom. The minimum atomic E-state index is -0.447. The normalized spacial score (nSPS) is 18.5. The van der Waals surface area contributed by atoms with Crippen LogP contribution in [0.1, 0.15) is 30.9 Å². The number of esters is 1. The fourth-order valence-electron chi connectivity index (χ4n) is 2.94. The molecule has 0 bridgehead atoms. The molecule has 0 amide bonds. The van der Waals surface area contributed by atoms with Gasteiger partial charge in [-0.05, 0) is 55.9 Å². The summed E-state index contributed by atoms with van der Waals surface area (Å²) >= 11 is 0. The number of rotatable bonds is 5. The second-order valence-corrected chi connectivity index (χ2v) is 6.58. The largest absolute Gasteiger partial charge is 0.461 e. The molecule has 2 aliphatic rings. The number of halogens is 1. The lowest BCUT2D eigenvalue weighted by Gasteiger charge is -2.27. The zero-order valence-electron chi connectivity index (χ0n) is 15.4. The lowest BCUT2D eigenvalue weighted by Crippen LogP contribution is -2.27. The molecule has 0 spiro atoms. The Morgan fingerprint density at radius 1 is 1.46 bits per heavy atom. The molecule has 0 unspecified atom stereocenters. The average Bonchev–Trinajstić information content (AvgIpc) is 3.44. The monoisotopic (exact) mass is 354 g/mol. The van der Waals surface area contributed by atoms with Crippen molar-refractivity contribution in [2.45, 2.75) is 26.7 Å². The molecule has 136 valence electrons.